The van der Waals surface area contributed by atoms with Crippen LogP contribution in [0.4, 0.5) is 5.69 Å². The molecule has 0 saturated heterocycles. The number of rotatable bonds is 6. The Labute approximate surface area is 133 Å². The fourth-order valence-electron chi connectivity index (χ4n) is 2.03. The number of carbonyl (C=O) groups excluding carboxylic acids is 1. The van der Waals surface area contributed by atoms with Crippen LogP contribution in [0.25, 0.3) is 0 Å². The average molecular weight is 350 g/mol. The first-order valence-corrected chi connectivity index (χ1v) is 7.99. The number of aromatic nitrogens is 2. The topological polar surface area (TPSA) is 46.9 Å². The molecule has 2 aromatic rings. The monoisotopic (exact) mass is 349 g/mol. The average Bonchev–Trinajstić information content (AvgIpc) is 2.92. The molecular formula is C16H20BrN3O. The van der Waals surface area contributed by atoms with Gasteiger partial charge in [0.1, 0.15) is 6.04 Å². The number of benzene rings is 1. The number of anilines is 1. The van der Waals surface area contributed by atoms with Crippen LogP contribution < -0.4 is 5.32 Å². The van der Waals surface area contributed by atoms with Crippen LogP contribution in [-0.4, -0.2) is 15.7 Å². The van der Waals surface area contributed by atoms with E-state index in [0.29, 0.717) is 0 Å². The van der Waals surface area contributed by atoms with E-state index in [-0.39, 0.29) is 11.9 Å². The van der Waals surface area contributed by atoms with Crippen LogP contribution in [0.5, 0.6) is 0 Å². The smallest absolute Gasteiger partial charge is 0.248 e. The minimum Gasteiger partial charge on any atom is -0.324 e. The van der Waals surface area contributed by atoms with Crippen molar-refractivity contribution in [2.75, 3.05) is 5.32 Å². The van der Waals surface area contributed by atoms with Gasteiger partial charge in [0.05, 0.1) is 10.7 Å². The largest absolute Gasteiger partial charge is 0.324 e. The summed E-state index contributed by atoms with van der Waals surface area (Å²) in [6.07, 6.45) is 6.93. The van der Waals surface area contributed by atoms with Crippen LogP contribution in [0.1, 0.15) is 38.3 Å². The molecule has 1 aromatic carbocycles. The predicted molar refractivity (Wildman–Crippen MR) is 88.3 cm³/mol. The quantitative estimate of drug-likeness (QED) is 0.849. The molecule has 5 heteroatoms. The molecule has 0 spiro atoms. The van der Waals surface area contributed by atoms with E-state index in [1.165, 1.54) is 18.4 Å². The van der Waals surface area contributed by atoms with Gasteiger partial charge in [-0.25, -0.2) is 0 Å². The number of unbranched alkanes of at least 4 members (excludes halogenated alkanes) is 1. The first-order valence-electron chi connectivity index (χ1n) is 7.19. The molecule has 1 aromatic heterocycles. The molecule has 0 aliphatic heterocycles. The van der Waals surface area contributed by atoms with Crippen molar-refractivity contribution in [3.8, 4) is 0 Å². The number of hydrogen-bond donors (Lipinski definition) is 1. The maximum absolute atomic E-state index is 12.2. The van der Waals surface area contributed by atoms with Gasteiger partial charge in [0.15, 0.2) is 0 Å². The molecule has 0 fully saturated rings. The van der Waals surface area contributed by atoms with Gasteiger partial charge in [-0.2, -0.15) is 5.10 Å². The van der Waals surface area contributed by atoms with E-state index in [0.717, 1.165) is 16.6 Å². The highest BCUT2D eigenvalue weighted by Crippen LogP contribution is 2.16. The van der Waals surface area contributed by atoms with E-state index in [4.69, 9.17) is 0 Å². The Balaban J connectivity index is 1.96. The van der Waals surface area contributed by atoms with E-state index < -0.39 is 0 Å². The first-order chi connectivity index (χ1) is 10.1. The fraction of sp³-hybridized carbons (Fsp3) is 0.375. The third kappa shape index (κ3) is 4.43. The molecule has 1 unspecified atom stereocenters. The number of halogens is 1. The minimum atomic E-state index is -0.351. The fourth-order valence-corrected chi connectivity index (χ4v) is 2.33. The molecule has 0 radical (unpaired) electrons. The molecule has 1 heterocycles. The summed E-state index contributed by atoms with van der Waals surface area (Å²) in [5.74, 6) is -0.0769. The second-order valence-corrected chi connectivity index (χ2v) is 6.02. The zero-order valence-corrected chi connectivity index (χ0v) is 13.9. The van der Waals surface area contributed by atoms with Crippen LogP contribution in [0.15, 0.2) is 41.1 Å². The van der Waals surface area contributed by atoms with Crippen molar-refractivity contribution >= 4 is 27.5 Å². The van der Waals surface area contributed by atoms with Crippen LogP contribution in [0, 0.1) is 0 Å². The van der Waals surface area contributed by atoms with Crippen molar-refractivity contribution in [2.24, 2.45) is 0 Å². The lowest BCUT2D eigenvalue weighted by Gasteiger charge is -2.13. The van der Waals surface area contributed by atoms with Gasteiger partial charge < -0.3 is 5.32 Å². The van der Waals surface area contributed by atoms with Crippen LogP contribution in [-0.2, 0) is 11.2 Å². The van der Waals surface area contributed by atoms with Crippen molar-refractivity contribution in [3.63, 3.8) is 0 Å². The van der Waals surface area contributed by atoms with Crippen molar-refractivity contribution in [3.05, 3.63) is 46.7 Å². The van der Waals surface area contributed by atoms with Gasteiger partial charge in [-0.1, -0.05) is 25.5 Å². The van der Waals surface area contributed by atoms with E-state index in [1.54, 1.807) is 17.1 Å². The number of carbonyl (C=O) groups is 1. The number of nitrogens with zero attached hydrogens (tertiary/aromatic N) is 2. The van der Waals surface area contributed by atoms with E-state index in [2.05, 4.69) is 45.4 Å². The van der Waals surface area contributed by atoms with Gasteiger partial charge in [0, 0.05) is 11.9 Å². The molecule has 112 valence electrons. The lowest BCUT2D eigenvalue weighted by Crippen LogP contribution is -2.23. The summed E-state index contributed by atoms with van der Waals surface area (Å²) in [6.45, 7) is 4.01. The number of amides is 1. The highest BCUT2D eigenvalue weighted by molar-refractivity contribution is 9.10. The zero-order chi connectivity index (χ0) is 15.2. The van der Waals surface area contributed by atoms with Crippen LogP contribution >= 0.6 is 15.9 Å². The number of hydrogen-bond acceptors (Lipinski definition) is 2. The van der Waals surface area contributed by atoms with Crippen molar-refractivity contribution in [1.82, 2.24) is 9.78 Å². The Bertz CT molecular complexity index is 592. The molecule has 1 amide bonds. The van der Waals surface area contributed by atoms with Crippen molar-refractivity contribution < 1.29 is 4.79 Å². The maximum Gasteiger partial charge on any atom is 0.248 e. The van der Waals surface area contributed by atoms with Gasteiger partial charge in [-0.15, -0.1) is 0 Å². The highest BCUT2D eigenvalue weighted by Gasteiger charge is 2.15. The summed E-state index contributed by atoms with van der Waals surface area (Å²) in [5, 5.41) is 7.05. The Morgan fingerprint density at radius 1 is 1.38 bits per heavy atom. The molecule has 1 atom stereocenters. The Morgan fingerprint density at radius 2 is 2.10 bits per heavy atom. The van der Waals surface area contributed by atoms with Crippen molar-refractivity contribution in [2.45, 2.75) is 39.2 Å². The summed E-state index contributed by atoms with van der Waals surface area (Å²) in [5.41, 5.74) is 2.12. The molecule has 4 nitrogen and oxygen atoms in total. The van der Waals surface area contributed by atoms with Gasteiger partial charge in [0.25, 0.3) is 0 Å². The molecule has 0 bridgehead atoms. The third-order valence-electron chi connectivity index (χ3n) is 3.39. The number of nitrogens with one attached hydrogen (secondary N) is 1. The SMILES string of the molecule is CCCCc1ccc(NC(=O)C(C)n2cc(Br)cn2)cc1. The lowest BCUT2D eigenvalue weighted by atomic mass is 10.1. The third-order valence-corrected chi connectivity index (χ3v) is 3.80. The highest BCUT2D eigenvalue weighted by atomic mass is 79.9. The lowest BCUT2D eigenvalue weighted by molar-refractivity contribution is -0.119. The second kappa shape index (κ2) is 7.41. The maximum atomic E-state index is 12.2. The van der Waals surface area contributed by atoms with Crippen molar-refractivity contribution in [1.29, 1.82) is 0 Å². The molecule has 1 N–H and O–H groups in total. The van der Waals surface area contributed by atoms with Gasteiger partial charge in [-0.3, -0.25) is 9.48 Å². The zero-order valence-electron chi connectivity index (χ0n) is 12.3. The second-order valence-electron chi connectivity index (χ2n) is 5.10. The number of aryl methyl sites for hydroxylation is 1. The molecule has 0 saturated carbocycles. The predicted octanol–water partition coefficient (Wildman–Crippen LogP) is 4.19. The van der Waals surface area contributed by atoms with Crippen LogP contribution in [0.2, 0.25) is 0 Å². The molecule has 21 heavy (non-hydrogen) atoms. The molecule has 0 aliphatic carbocycles. The summed E-state index contributed by atoms with van der Waals surface area (Å²) in [6, 6.07) is 7.69. The Morgan fingerprint density at radius 3 is 2.67 bits per heavy atom. The standard InChI is InChI=1S/C16H20BrN3O/c1-3-4-5-13-6-8-15(9-7-13)19-16(21)12(2)20-11-14(17)10-18-20/h6-12H,3-5H2,1-2H3,(H,19,21). The summed E-state index contributed by atoms with van der Waals surface area (Å²) >= 11 is 3.33. The summed E-state index contributed by atoms with van der Waals surface area (Å²) in [7, 11) is 0. The summed E-state index contributed by atoms with van der Waals surface area (Å²) < 4.78 is 2.50. The van der Waals surface area contributed by atoms with E-state index in [9.17, 15) is 4.79 Å². The molecule has 2 rings (SSSR count). The van der Waals surface area contributed by atoms with Gasteiger partial charge in [-0.05, 0) is 53.4 Å². The normalized spacial score (nSPS) is 12.1. The van der Waals surface area contributed by atoms with Crippen LogP contribution in [0.3, 0.4) is 0 Å². The molecular weight excluding hydrogens is 330 g/mol. The molecule has 0 aliphatic rings. The van der Waals surface area contributed by atoms with E-state index >= 15 is 0 Å². The summed E-state index contributed by atoms with van der Waals surface area (Å²) in [4.78, 5) is 12.2. The van der Waals surface area contributed by atoms with Gasteiger partial charge in [0.2, 0.25) is 5.91 Å². The minimum absolute atomic E-state index is 0.0769. The first kappa shape index (κ1) is 15.8. The van der Waals surface area contributed by atoms with Gasteiger partial charge >= 0.3 is 0 Å². The Kier molecular flexibility index (Phi) is 5.56. The van der Waals surface area contributed by atoms with E-state index in [1.807, 2.05) is 19.1 Å². The Hall–Kier alpha value is -1.62.